The van der Waals surface area contributed by atoms with Gasteiger partial charge in [-0.3, -0.25) is 14.4 Å². The third-order valence-corrected chi connectivity index (χ3v) is 5.48. The van der Waals surface area contributed by atoms with Crippen LogP contribution in [-0.4, -0.2) is 17.3 Å². The van der Waals surface area contributed by atoms with Gasteiger partial charge < -0.3 is 0 Å². The Balaban J connectivity index is 1.83. The second-order valence-electron chi connectivity index (χ2n) is 7.55. The van der Waals surface area contributed by atoms with E-state index in [1.165, 1.54) is 0 Å². The predicted octanol–water partition coefficient (Wildman–Crippen LogP) is 5.89. The van der Waals surface area contributed by atoms with Crippen molar-refractivity contribution in [2.75, 3.05) is 0 Å². The van der Waals surface area contributed by atoms with Crippen molar-refractivity contribution in [1.29, 1.82) is 0 Å². The fourth-order valence-electron chi connectivity index (χ4n) is 3.89. The number of benzene rings is 4. The minimum Gasteiger partial charge on any atom is -0.297 e. The summed E-state index contributed by atoms with van der Waals surface area (Å²) in [5.41, 5.74) is 2.03. The van der Waals surface area contributed by atoms with Crippen molar-refractivity contribution in [2.45, 2.75) is 11.8 Å². The second-order valence-corrected chi connectivity index (χ2v) is 7.55. The molecule has 0 N–H and O–H groups in total. The number of hydrogen-bond donors (Lipinski definition) is 0. The lowest BCUT2D eigenvalue weighted by Gasteiger charge is -2.22. The summed E-state index contributed by atoms with van der Waals surface area (Å²) in [6, 6.07) is 35.4. The van der Waals surface area contributed by atoms with E-state index in [1.54, 1.807) is 97.1 Å². The normalized spacial score (nSPS) is 12.5. The minimum atomic E-state index is -1.09. The fraction of sp³-hybridized carbons (Fsp3) is 0.0690. The zero-order valence-electron chi connectivity index (χ0n) is 17.4. The van der Waals surface area contributed by atoms with Crippen LogP contribution in [0.4, 0.5) is 0 Å². The summed E-state index contributed by atoms with van der Waals surface area (Å²) in [4.78, 5) is 41.1. The maximum atomic E-state index is 14.0. The summed E-state index contributed by atoms with van der Waals surface area (Å²) in [5.74, 6) is -3.23. The van der Waals surface area contributed by atoms with Gasteiger partial charge in [-0.15, -0.1) is 0 Å². The van der Waals surface area contributed by atoms with E-state index in [1.807, 2.05) is 24.3 Å². The largest absolute Gasteiger partial charge is 0.297 e. The number of carbonyl (C=O) groups excluding carboxylic acids is 3. The van der Waals surface area contributed by atoms with Crippen molar-refractivity contribution in [1.82, 2.24) is 0 Å². The highest BCUT2D eigenvalue weighted by atomic mass is 16.2. The smallest absolute Gasteiger partial charge is 0.177 e. The number of ketones is 3. The molecule has 0 aliphatic heterocycles. The number of carbonyl (C=O) groups is 3. The molecule has 156 valence electrons. The summed E-state index contributed by atoms with van der Waals surface area (Å²) in [6.07, 6.45) is 0. The topological polar surface area (TPSA) is 51.2 Å². The van der Waals surface area contributed by atoms with Gasteiger partial charge in [-0.25, -0.2) is 0 Å². The lowest BCUT2D eigenvalue weighted by molar-refractivity contribution is -0.119. The van der Waals surface area contributed by atoms with Crippen molar-refractivity contribution in [3.63, 3.8) is 0 Å². The lowest BCUT2D eigenvalue weighted by atomic mass is 9.77. The Morgan fingerprint density at radius 1 is 0.406 bits per heavy atom. The molecule has 2 atom stereocenters. The highest BCUT2D eigenvalue weighted by molar-refractivity contribution is 6.24. The van der Waals surface area contributed by atoms with Crippen molar-refractivity contribution < 1.29 is 14.4 Å². The van der Waals surface area contributed by atoms with E-state index in [-0.39, 0.29) is 11.6 Å². The second kappa shape index (κ2) is 9.80. The summed E-state index contributed by atoms with van der Waals surface area (Å²) >= 11 is 0. The molecule has 0 aliphatic carbocycles. The average Bonchev–Trinajstić information content (AvgIpc) is 2.86. The van der Waals surface area contributed by atoms with Gasteiger partial charge in [0.1, 0.15) is 11.8 Å². The number of rotatable bonds is 8. The predicted molar refractivity (Wildman–Crippen MR) is 125 cm³/mol. The molecule has 0 fully saturated rings. The summed E-state index contributed by atoms with van der Waals surface area (Å²) < 4.78 is 0. The first-order valence-electron chi connectivity index (χ1n) is 10.5. The highest BCUT2D eigenvalue weighted by Gasteiger charge is 2.38. The van der Waals surface area contributed by atoms with Crippen molar-refractivity contribution in [3.05, 3.63) is 144 Å². The summed E-state index contributed by atoms with van der Waals surface area (Å²) in [5, 5.41) is 0. The maximum Gasteiger partial charge on any atom is 0.177 e. The van der Waals surface area contributed by atoms with Crippen LogP contribution in [0.1, 0.15) is 43.7 Å². The van der Waals surface area contributed by atoms with Gasteiger partial charge in [0.05, 0.1) is 0 Å². The Morgan fingerprint density at radius 3 is 1.00 bits per heavy atom. The molecule has 0 radical (unpaired) electrons. The zero-order valence-corrected chi connectivity index (χ0v) is 17.4. The molecular weight excluding hydrogens is 396 g/mol. The van der Waals surface area contributed by atoms with Gasteiger partial charge in [0, 0.05) is 11.1 Å². The Hall–Kier alpha value is -4.11. The number of hydrogen-bond acceptors (Lipinski definition) is 3. The molecule has 0 bridgehead atoms. The first-order valence-corrected chi connectivity index (χ1v) is 10.5. The molecule has 0 amide bonds. The first kappa shape index (κ1) is 21.1. The molecular formula is C29H22O3. The molecule has 0 aliphatic rings. The van der Waals surface area contributed by atoms with Crippen LogP contribution in [0, 0.1) is 0 Å². The van der Waals surface area contributed by atoms with Gasteiger partial charge in [-0.1, -0.05) is 121 Å². The van der Waals surface area contributed by atoms with E-state index in [2.05, 4.69) is 0 Å². The van der Waals surface area contributed by atoms with Gasteiger partial charge in [0.2, 0.25) is 0 Å². The Bertz CT molecular complexity index is 1100. The molecule has 0 saturated heterocycles. The molecule has 4 rings (SSSR count). The third-order valence-electron chi connectivity index (χ3n) is 5.48. The number of Topliss-reactive ketones (excluding diaryl/α,β-unsaturated/α-hetero) is 3. The molecule has 0 spiro atoms. The average molecular weight is 418 g/mol. The van der Waals surface area contributed by atoms with Crippen LogP contribution < -0.4 is 0 Å². The lowest BCUT2D eigenvalue weighted by Crippen LogP contribution is -2.31. The summed E-state index contributed by atoms with van der Waals surface area (Å²) in [7, 11) is 0. The molecule has 0 heterocycles. The van der Waals surface area contributed by atoms with Crippen molar-refractivity contribution in [3.8, 4) is 0 Å². The maximum absolute atomic E-state index is 14.0. The minimum absolute atomic E-state index is 0.316. The van der Waals surface area contributed by atoms with E-state index in [4.69, 9.17) is 0 Å². The van der Waals surface area contributed by atoms with E-state index < -0.39 is 17.6 Å². The van der Waals surface area contributed by atoms with E-state index in [0.717, 1.165) is 0 Å². The molecule has 4 aromatic carbocycles. The molecule has 3 heteroatoms. The van der Waals surface area contributed by atoms with Crippen molar-refractivity contribution in [2.24, 2.45) is 0 Å². The van der Waals surface area contributed by atoms with Gasteiger partial charge >= 0.3 is 0 Å². The van der Waals surface area contributed by atoms with Gasteiger partial charge in [0.25, 0.3) is 0 Å². The molecule has 32 heavy (non-hydrogen) atoms. The van der Waals surface area contributed by atoms with Crippen LogP contribution in [-0.2, 0) is 4.79 Å². The zero-order chi connectivity index (χ0) is 22.3. The van der Waals surface area contributed by atoms with Crippen molar-refractivity contribution >= 4 is 17.3 Å². The highest BCUT2D eigenvalue weighted by Crippen LogP contribution is 2.32. The van der Waals surface area contributed by atoms with Crippen LogP contribution in [0.25, 0.3) is 0 Å². The van der Waals surface area contributed by atoms with Crippen LogP contribution in [0.3, 0.4) is 0 Å². The van der Waals surface area contributed by atoms with Gasteiger partial charge in [-0.2, -0.15) is 0 Å². The Morgan fingerprint density at radius 2 is 0.688 bits per heavy atom. The summed E-state index contributed by atoms with van der Waals surface area (Å²) in [6.45, 7) is 0. The Labute approximate surface area is 187 Å². The standard InChI is InChI=1S/C29H22O3/c30-27(23-17-9-3-10-18-23)25(21-13-5-1-6-14-21)29(32)26(22-15-7-2-8-16-22)28(31)24-19-11-4-12-20-24/h1-20,25-26H. The van der Waals surface area contributed by atoms with Crippen LogP contribution in [0.2, 0.25) is 0 Å². The first-order chi connectivity index (χ1) is 15.7. The Kier molecular flexibility index (Phi) is 6.47. The van der Waals surface area contributed by atoms with E-state index in [0.29, 0.717) is 22.3 Å². The quantitative estimate of drug-likeness (QED) is 0.265. The van der Waals surface area contributed by atoms with Gasteiger partial charge in [0.15, 0.2) is 17.3 Å². The molecule has 3 nitrogen and oxygen atoms in total. The van der Waals surface area contributed by atoms with Crippen LogP contribution >= 0.6 is 0 Å². The van der Waals surface area contributed by atoms with Crippen LogP contribution in [0.5, 0.6) is 0 Å². The van der Waals surface area contributed by atoms with Crippen LogP contribution in [0.15, 0.2) is 121 Å². The van der Waals surface area contributed by atoms with E-state index >= 15 is 0 Å². The monoisotopic (exact) mass is 418 g/mol. The fourth-order valence-corrected chi connectivity index (χ4v) is 3.89. The SMILES string of the molecule is O=C(c1ccccc1)C(C(=O)C(C(=O)c1ccccc1)c1ccccc1)c1ccccc1. The molecule has 0 saturated carbocycles. The van der Waals surface area contributed by atoms with E-state index in [9.17, 15) is 14.4 Å². The third kappa shape index (κ3) is 4.47. The molecule has 4 aromatic rings. The van der Waals surface area contributed by atoms with Gasteiger partial charge in [-0.05, 0) is 11.1 Å². The molecule has 0 aromatic heterocycles. The molecule has 2 unspecified atom stereocenters.